The minimum Gasteiger partial charge on any atom is -0.493 e. The third kappa shape index (κ3) is 3.03. The Morgan fingerprint density at radius 2 is 1.78 bits per heavy atom. The van der Waals surface area contributed by atoms with E-state index in [-0.39, 0.29) is 17.6 Å². The lowest BCUT2D eigenvalue weighted by Gasteiger charge is -2.20. The van der Waals surface area contributed by atoms with Crippen LogP contribution in [0.4, 0.5) is 0 Å². The minimum absolute atomic E-state index is 0.0743. The van der Waals surface area contributed by atoms with Crippen molar-refractivity contribution in [2.75, 3.05) is 14.2 Å². The van der Waals surface area contributed by atoms with Crippen LogP contribution in [0.3, 0.4) is 0 Å². The van der Waals surface area contributed by atoms with Gasteiger partial charge in [0.1, 0.15) is 5.78 Å². The van der Waals surface area contributed by atoms with Gasteiger partial charge in [-0.05, 0) is 23.6 Å². The number of hydrogen-bond acceptors (Lipinski definition) is 3. The second kappa shape index (κ2) is 6.43. The van der Waals surface area contributed by atoms with Crippen molar-refractivity contribution in [3.05, 3.63) is 23.8 Å². The molecule has 0 saturated heterocycles. The lowest BCUT2D eigenvalue weighted by molar-refractivity contribution is -0.121. The summed E-state index contributed by atoms with van der Waals surface area (Å²) in [6.07, 6.45) is 0.553. The van der Waals surface area contributed by atoms with Crippen molar-refractivity contribution >= 4 is 5.78 Å². The second-order valence-electron chi connectivity index (χ2n) is 4.66. The highest BCUT2D eigenvalue weighted by molar-refractivity contribution is 5.86. The number of rotatable bonds is 6. The van der Waals surface area contributed by atoms with E-state index in [1.54, 1.807) is 14.2 Å². The molecule has 18 heavy (non-hydrogen) atoms. The van der Waals surface area contributed by atoms with Gasteiger partial charge in [0.05, 0.1) is 14.2 Å². The van der Waals surface area contributed by atoms with E-state index < -0.39 is 0 Å². The van der Waals surface area contributed by atoms with Crippen molar-refractivity contribution in [3.8, 4) is 11.5 Å². The molecule has 0 radical (unpaired) electrons. The molecule has 1 atom stereocenters. The van der Waals surface area contributed by atoms with Crippen molar-refractivity contribution in [1.29, 1.82) is 0 Å². The number of Topliss-reactive ketones (excluding diaryl/α,β-unsaturated/α-hetero) is 1. The molecule has 1 unspecified atom stereocenters. The van der Waals surface area contributed by atoms with E-state index in [0.717, 1.165) is 5.56 Å². The van der Waals surface area contributed by atoms with Crippen molar-refractivity contribution in [2.45, 2.75) is 33.1 Å². The molecule has 0 N–H and O–H groups in total. The van der Waals surface area contributed by atoms with Crippen LogP contribution in [0.1, 0.15) is 38.7 Å². The molecule has 0 saturated carbocycles. The number of ether oxygens (including phenoxy) is 2. The Balaban J connectivity index is 3.17. The predicted molar refractivity (Wildman–Crippen MR) is 72.4 cm³/mol. The summed E-state index contributed by atoms with van der Waals surface area (Å²) in [4.78, 5) is 12.0. The van der Waals surface area contributed by atoms with E-state index in [1.165, 1.54) is 0 Å². The third-order valence-corrected chi connectivity index (χ3v) is 3.13. The van der Waals surface area contributed by atoms with Crippen LogP contribution in [0, 0.1) is 5.92 Å². The SMILES string of the molecule is CCC(=O)C(c1ccc(OC)c(OC)c1)C(C)C. The van der Waals surface area contributed by atoms with Crippen LogP contribution >= 0.6 is 0 Å². The van der Waals surface area contributed by atoms with Crippen LogP contribution in [-0.4, -0.2) is 20.0 Å². The van der Waals surface area contributed by atoms with Gasteiger partial charge in [-0.25, -0.2) is 0 Å². The summed E-state index contributed by atoms with van der Waals surface area (Å²) in [7, 11) is 3.21. The van der Waals surface area contributed by atoms with Gasteiger partial charge in [-0.2, -0.15) is 0 Å². The molecule has 0 fully saturated rings. The van der Waals surface area contributed by atoms with E-state index >= 15 is 0 Å². The zero-order valence-electron chi connectivity index (χ0n) is 11.8. The van der Waals surface area contributed by atoms with Crippen molar-refractivity contribution in [1.82, 2.24) is 0 Å². The molecule has 1 aromatic rings. The van der Waals surface area contributed by atoms with Gasteiger partial charge in [-0.15, -0.1) is 0 Å². The summed E-state index contributed by atoms with van der Waals surface area (Å²) < 4.78 is 10.5. The third-order valence-electron chi connectivity index (χ3n) is 3.13. The molecular formula is C15H22O3. The summed E-state index contributed by atoms with van der Waals surface area (Å²) in [6.45, 7) is 6.03. The first kappa shape index (κ1) is 14.6. The monoisotopic (exact) mass is 250 g/mol. The second-order valence-corrected chi connectivity index (χ2v) is 4.66. The molecule has 0 amide bonds. The quantitative estimate of drug-likeness (QED) is 0.776. The average molecular weight is 250 g/mol. The smallest absolute Gasteiger partial charge is 0.161 e. The highest BCUT2D eigenvalue weighted by Crippen LogP contribution is 2.34. The molecule has 0 aliphatic heterocycles. The van der Waals surface area contributed by atoms with Crippen molar-refractivity contribution in [2.24, 2.45) is 5.92 Å². The summed E-state index contributed by atoms with van der Waals surface area (Å²) in [5.74, 6) is 1.82. The average Bonchev–Trinajstić information content (AvgIpc) is 2.37. The Bertz CT molecular complexity index is 410. The molecule has 0 spiro atoms. The molecular weight excluding hydrogens is 228 g/mol. The van der Waals surface area contributed by atoms with Crippen LogP contribution in [0.2, 0.25) is 0 Å². The first-order chi connectivity index (χ1) is 8.54. The predicted octanol–water partition coefficient (Wildman–Crippen LogP) is 3.42. The lowest BCUT2D eigenvalue weighted by Crippen LogP contribution is -2.17. The van der Waals surface area contributed by atoms with Gasteiger partial charge in [-0.3, -0.25) is 4.79 Å². The summed E-state index contributed by atoms with van der Waals surface area (Å²) >= 11 is 0. The zero-order chi connectivity index (χ0) is 13.7. The van der Waals surface area contributed by atoms with Gasteiger partial charge in [0.2, 0.25) is 0 Å². The van der Waals surface area contributed by atoms with Gasteiger partial charge in [-0.1, -0.05) is 26.8 Å². The maximum atomic E-state index is 12.0. The Hall–Kier alpha value is -1.51. The van der Waals surface area contributed by atoms with Crippen LogP contribution < -0.4 is 9.47 Å². The van der Waals surface area contributed by atoms with Crippen LogP contribution in [0.15, 0.2) is 18.2 Å². The van der Waals surface area contributed by atoms with E-state index in [0.29, 0.717) is 17.9 Å². The summed E-state index contributed by atoms with van der Waals surface area (Å²) in [5.41, 5.74) is 0.995. The fourth-order valence-electron chi connectivity index (χ4n) is 2.21. The van der Waals surface area contributed by atoms with Crippen molar-refractivity contribution < 1.29 is 14.3 Å². The maximum absolute atomic E-state index is 12.0. The molecule has 0 aliphatic rings. The van der Waals surface area contributed by atoms with E-state index in [1.807, 2.05) is 25.1 Å². The van der Waals surface area contributed by atoms with Gasteiger partial charge in [0.15, 0.2) is 11.5 Å². The van der Waals surface area contributed by atoms with E-state index in [9.17, 15) is 4.79 Å². The summed E-state index contributed by atoms with van der Waals surface area (Å²) in [6, 6.07) is 5.70. The Morgan fingerprint density at radius 1 is 1.17 bits per heavy atom. The number of carbonyl (C=O) groups excluding carboxylic acids is 1. The van der Waals surface area contributed by atoms with E-state index in [2.05, 4.69) is 13.8 Å². The number of methoxy groups -OCH3 is 2. The molecule has 1 rings (SSSR count). The lowest BCUT2D eigenvalue weighted by atomic mass is 9.84. The Labute approximate surface area is 109 Å². The molecule has 0 heterocycles. The van der Waals surface area contributed by atoms with Crippen molar-refractivity contribution in [3.63, 3.8) is 0 Å². The fourth-order valence-corrected chi connectivity index (χ4v) is 2.21. The largest absolute Gasteiger partial charge is 0.493 e. The Morgan fingerprint density at radius 3 is 2.22 bits per heavy atom. The minimum atomic E-state index is -0.0743. The number of benzene rings is 1. The molecule has 3 heteroatoms. The molecule has 0 aliphatic carbocycles. The molecule has 3 nitrogen and oxygen atoms in total. The highest BCUT2D eigenvalue weighted by atomic mass is 16.5. The zero-order valence-corrected chi connectivity index (χ0v) is 11.8. The van der Waals surface area contributed by atoms with Gasteiger partial charge < -0.3 is 9.47 Å². The van der Waals surface area contributed by atoms with E-state index in [4.69, 9.17) is 9.47 Å². The summed E-state index contributed by atoms with van der Waals surface area (Å²) in [5, 5.41) is 0. The van der Waals surface area contributed by atoms with Gasteiger partial charge >= 0.3 is 0 Å². The molecule has 0 bridgehead atoms. The Kier molecular flexibility index (Phi) is 5.20. The fraction of sp³-hybridized carbons (Fsp3) is 0.533. The highest BCUT2D eigenvalue weighted by Gasteiger charge is 2.23. The molecule has 1 aromatic carbocycles. The van der Waals surface area contributed by atoms with Crippen LogP contribution in [0.25, 0.3) is 0 Å². The maximum Gasteiger partial charge on any atom is 0.161 e. The van der Waals surface area contributed by atoms with Crippen LogP contribution in [0.5, 0.6) is 11.5 Å². The van der Waals surface area contributed by atoms with Crippen LogP contribution in [-0.2, 0) is 4.79 Å². The molecule has 0 aromatic heterocycles. The molecule has 100 valence electrons. The van der Waals surface area contributed by atoms with Gasteiger partial charge in [0.25, 0.3) is 0 Å². The first-order valence-corrected chi connectivity index (χ1v) is 6.29. The van der Waals surface area contributed by atoms with Gasteiger partial charge in [0, 0.05) is 12.3 Å². The standard InChI is InChI=1S/C15H22O3/c1-6-12(16)15(10(2)3)11-7-8-13(17-4)14(9-11)18-5/h7-10,15H,6H2,1-5H3. The number of ketones is 1. The normalized spacial score (nSPS) is 12.3. The first-order valence-electron chi connectivity index (χ1n) is 6.29. The topological polar surface area (TPSA) is 35.5 Å². The number of hydrogen-bond donors (Lipinski definition) is 0. The number of carbonyl (C=O) groups is 1.